The molecule has 0 unspecified atom stereocenters. The molecule has 0 saturated heterocycles. The van der Waals surface area contributed by atoms with E-state index >= 15 is 0 Å². The van der Waals surface area contributed by atoms with Crippen molar-refractivity contribution in [3.8, 4) is 0 Å². The minimum atomic E-state index is -0.946. The zero-order chi connectivity index (χ0) is 6.85. The van der Waals surface area contributed by atoms with Crippen LogP contribution in [-0.2, 0) is 0 Å². The second-order valence-corrected chi connectivity index (χ2v) is 1.64. The predicted molar refractivity (Wildman–Crippen MR) is 28.2 cm³/mol. The quantitative estimate of drug-likeness (QED) is 0.398. The van der Waals surface area contributed by atoms with Crippen LogP contribution in [0, 0.1) is 5.41 Å². The highest BCUT2D eigenvalue weighted by molar-refractivity contribution is 6.28. The highest BCUT2D eigenvalue weighted by Crippen LogP contribution is 1.96. The maximum absolute atomic E-state index is 10.1. The van der Waals surface area contributed by atoms with E-state index in [1.165, 1.54) is 0 Å². The van der Waals surface area contributed by atoms with Crippen LogP contribution in [-0.4, -0.2) is 21.1 Å². The first-order valence-electron chi connectivity index (χ1n) is 2.04. The third-order valence-corrected chi connectivity index (χ3v) is 0.830. The molecule has 1 heterocycles. The third-order valence-electron chi connectivity index (χ3n) is 0.661. The fraction of sp³-hybridized carbons (Fsp3) is 0. The summed E-state index contributed by atoms with van der Waals surface area (Å²) in [5, 5.41) is 22.2. The molecular formula is C3H2ClN4O-. The Morgan fingerprint density at radius 3 is 2.67 bits per heavy atom. The molecule has 0 atom stereocenters. The van der Waals surface area contributed by atoms with Crippen molar-refractivity contribution in [1.29, 1.82) is 5.41 Å². The van der Waals surface area contributed by atoms with Gasteiger partial charge in [0.2, 0.25) is 5.28 Å². The number of nitrogens with zero attached hydrogens (tertiary/aromatic N) is 2. The molecule has 0 spiro atoms. The fourth-order valence-electron chi connectivity index (χ4n) is 0.344. The van der Waals surface area contributed by atoms with Gasteiger partial charge in [-0.2, -0.15) is 10.1 Å². The van der Waals surface area contributed by atoms with E-state index < -0.39 is 5.90 Å². The van der Waals surface area contributed by atoms with Crippen LogP contribution < -0.4 is 5.11 Å². The molecule has 1 rings (SSSR count). The van der Waals surface area contributed by atoms with Crippen molar-refractivity contribution in [1.82, 2.24) is 15.2 Å². The van der Waals surface area contributed by atoms with E-state index in [1.807, 2.05) is 0 Å². The van der Waals surface area contributed by atoms with Crippen LogP contribution in [0.4, 0.5) is 0 Å². The van der Waals surface area contributed by atoms with Gasteiger partial charge in [0, 0.05) is 5.90 Å². The van der Waals surface area contributed by atoms with Crippen molar-refractivity contribution in [2.24, 2.45) is 0 Å². The van der Waals surface area contributed by atoms with Gasteiger partial charge in [-0.25, -0.2) is 5.10 Å². The Balaban J connectivity index is 2.98. The largest absolute Gasteiger partial charge is 0.856 e. The average Bonchev–Trinajstić information content (AvgIpc) is 2.14. The molecule has 0 radical (unpaired) electrons. The summed E-state index contributed by atoms with van der Waals surface area (Å²) in [5.74, 6) is -1.15. The summed E-state index contributed by atoms with van der Waals surface area (Å²) in [4.78, 5) is 3.37. The lowest BCUT2D eigenvalue weighted by Gasteiger charge is -1.96. The van der Waals surface area contributed by atoms with E-state index in [0.29, 0.717) is 0 Å². The van der Waals surface area contributed by atoms with Crippen molar-refractivity contribution in [3.63, 3.8) is 0 Å². The smallest absolute Gasteiger partial charge is 0.218 e. The molecule has 1 aromatic rings. The molecule has 0 bridgehead atoms. The van der Waals surface area contributed by atoms with Crippen LogP contribution in [0.1, 0.15) is 5.82 Å². The predicted octanol–water partition coefficient (Wildman–Crippen LogP) is -0.856. The topological polar surface area (TPSA) is 88.5 Å². The number of aromatic amines is 1. The molecule has 0 amide bonds. The second-order valence-electron chi connectivity index (χ2n) is 1.28. The summed E-state index contributed by atoms with van der Waals surface area (Å²) >= 11 is 5.24. The van der Waals surface area contributed by atoms with E-state index in [0.717, 1.165) is 0 Å². The van der Waals surface area contributed by atoms with Gasteiger partial charge in [0.15, 0.2) is 5.82 Å². The van der Waals surface area contributed by atoms with Gasteiger partial charge in [-0.1, -0.05) is 0 Å². The summed E-state index contributed by atoms with van der Waals surface area (Å²) in [5.41, 5.74) is 0. The van der Waals surface area contributed by atoms with Gasteiger partial charge in [0.25, 0.3) is 0 Å². The van der Waals surface area contributed by atoms with Crippen molar-refractivity contribution in [2.45, 2.75) is 0 Å². The van der Waals surface area contributed by atoms with Gasteiger partial charge in [-0.3, -0.25) is 0 Å². The maximum Gasteiger partial charge on any atom is 0.218 e. The average molecular weight is 146 g/mol. The fourth-order valence-corrected chi connectivity index (χ4v) is 0.466. The maximum atomic E-state index is 10.1. The van der Waals surface area contributed by atoms with Crippen molar-refractivity contribution >= 4 is 17.5 Å². The van der Waals surface area contributed by atoms with Crippen molar-refractivity contribution < 1.29 is 5.11 Å². The summed E-state index contributed by atoms with van der Waals surface area (Å²) in [6.07, 6.45) is 0. The Hall–Kier alpha value is -1.10. The van der Waals surface area contributed by atoms with Gasteiger partial charge in [-0.15, -0.1) is 0 Å². The highest BCUT2D eigenvalue weighted by Gasteiger charge is 1.96. The third kappa shape index (κ3) is 1.17. The summed E-state index contributed by atoms with van der Waals surface area (Å²) < 4.78 is 0. The van der Waals surface area contributed by atoms with E-state index in [1.54, 1.807) is 0 Å². The van der Waals surface area contributed by atoms with Crippen LogP contribution in [0.15, 0.2) is 0 Å². The van der Waals surface area contributed by atoms with Crippen molar-refractivity contribution in [2.75, 3.05) is 0 Å². The normalized spacial score (nSPS) is 9.44. The number of halogens is 1. The van der Waals surface area contributed by atoms with Crippen LogP contribution in [0.3, 0.4) is 0 Å². The molecular weight excluding hydrogens is 144 g/mol. The van der Waals surface area contributed by atoms with Crippen LogP contribution in [0.2, 0.25) is 5.28 Å². The lowest BCUT2D eigenvalue weighted by atomic mass is 10.6. The molecule has 0 saturated carbocycles. The van der Waals surface area contributed by atoms with Gasteiger partial charge in [-0.05, 0) is 11.6 Å². The standard InChI is InChI=1S/C3H3ClN4O/c4-3-6-2(1(5)9)7-8-3/h(H2,5,9)(H,6,7,8)/p-1. The van der Waals surface area contributed by atoms with Crippen molar-refractivity contribution in [3.05, 3.63) is 11.1 Å². The lowest BCUT2D eigenvalue weighted by molar-refractivity contribution is -0.215. The Labute approximate surface area is 55.2 Å². The Morgan fingerprint density at radius 2 is 2.44 bits per heavy atom. The van der Waals surface area contributed by atoms with E-state index in [2.05, 4.69) is 15.2 Å². The summed E-state index contributed by atoms with van der Waals surface area (Å²) in [6, 6.07) is 0. The molecule has 0 fully saturated rings. The first-order chi connectivity index (χ1) is 4.20. The van der Waals surface area contributed by atoms with Gasteiger partial charge >= 0.3 is 0 Å². The summed E-state index contributed by atoms with van der Waals surface area (Å²) in [7, 11) is 0. The molecule has 5 nitrogen and oxygen atoms in total. The van der Waals surface area contributed by atoms with Gasteiger partial charge in [0.1, 0.15) is 0 Å². The minimum absolute atomic E-state index is 0.0191. The number of hydrogen-bond acceptors (Lipinski definition) is 4. The highest BCUT2D eigenvalue weighted by atomic mass is 35.5. The Bertz CT molecular complexity index is 231. The SMILES string of the molecule is N=C([O-])c1n[nH]c(Cl)n1. The number of nitrogens with one attached hydrogen (secondary N) is 2. The molecule has 0 aromatic carbocycles. The zero-order valence-electron chi connectivity index (χ0n) is 4.18. The molecule has 48 valence electrons. The molecule has 9 heavy (non-hydrogen) atoms. The van der Waals surface area contributed by atoms with Crippen LogP contribution in [0.25, 0.3) is 0 Å². The number of H-pyrrole nitrogens is 1. The first-order valence-corrected chi connectivity index (χ1v) is 2.42. The lowest BCUT2D eigenvalue weighted by Crippen LogP contribution is -2.18. The zero-order valence-corrected chi connectivity index (χ0v) is 4.94. The number of hydrogen-bond donors (Lipinski definition) is 2. The number of aromatic nitrogens is 3. The molecule has 1 aromatic heterocycles. The molecule has 6 heteroatoms. The van der Waals surface area contributed by atoms with E-state index in [-0.39, 0.29) is 11.1 Å². The van der Waals surface area contributed by atoms with Gasteiger partial charge in [0.05, 0.1) is 0 Å². The Kier molecular flexibility index (Phi) is 1.35. The van der Waals surface area contributed by atoms with E-state index in [4.69, 9.17) is 17.0 Å². The van der Waals surface area contributed by atoms with E-state index in [9.17, 15) is 5.11 Å². The molecule has 2 N–H and O–H groups in total. The summed E-state index contributed by atoms with van der Waals surface area (Å²) in [6.45, 7) is 0. The second kappa shape index (κ2) is 2.02. The monoisotopic (exact) mass is 145 g/mol. The van der Waals surface area contributed by atoms with Crippen LogP contribution >= 0.6 is 11.6 Å². The minimum Gasteiger partial charge on any atom is -0.856 e. The first kappa shape index (κ1) is 6.03. The van der Waals surface area contributed by atoms with Gasteiger partial charge < -0.3 is 10.5 Å². The van der Waals surface area contributed by atoms with Crippen LogP contribution in [0.5, 0.6) is 0 Å². The Morgan fingerprint density at radius 1 is 1.78 bits per heavy atom. The molecule has 0 aliphatic carbocycles. The molecule has 0 aliphatic heterocycles. The molecule has 0 aliphatic rings. The number of rotatable bonds is 1.